The maximum Gasteiger partial charge on any atom is 0.310 e. The molecule has 6 nitrogen and oxygen atoms in total. The topological polar surface area (TPSA) is 88.5 Å². The molecule has 96 valence electrons. The van der Waals surface area contributed by atoms with Gasteiger partial charge in [-0.1, -0.05) is 6.92 Å². The van der Waals surface area contributed by atoms with Gasteiger partial charge in [-0.15, -0.1) is 0 Å². The Morgan fingerprint density at radius 1 is 1.67 bits per heavy atom. The number of aliphatic carboxylic acids is 1. The van der Waals surface area contributed by atoms with Gasteiger partial charge in [-0.05, 0) is 34.5 Å². The summed E-state index contributed by atoms with van der Waals surface area (Å²) in [5.41, 5.74) is 0. The van der Waals surface area contributed by atoms with E-state index >= 15 is 0 Å². The van der Waals surface area contributed by atoms with Gasteiger partial charge in [-0.25, -0.2) is 4.98 Å². The molecule has 2 heterocycles. The van der Waals surface area contributed by atoms with Crippen LogP contribution in [0.5, 0.6) is 5.75 Å². The van der Waals surface area contributed by atoms with Gasteiger partial charge >= 0.3 is 5.97 Å². The van der Waals surface area contributed by atoms with Crippen molar-refractivity contribution in [3.05, 3.63) is 16.7 Å². The standard InChI is InChI=1S/C11H11BrN2O4/c1-2-5(11(16)17)8-10(15)14-9-6(18-8)3-4-7(12)13-9/h3-5,8H,2H2,1H3,(H,16,17)(H,13,14,15). The molecule has 0 bridgehead atoms. The first-order chi connectivity index (χ1) is 8.52. The first kappa shape index (κ1) is 12.8. The molecule has 1 aromatic heterocycles. The van der Waals surface area contributed by atoms with Crippen LogP contribution in [0.15, 0.2) is 16.7 Å². The summed E-state index contributed by atoms with van der Waals surface area (Å²) >= 11 is 3.18. The number of halogens is 1. The van der Waals surface area contributed by atoms with Crippen LogP contribution >= 0.6 is 15.9 Å². The molecule has 2 rings (SSSR count). The van der Waals surface area contributed by atoms with Crippen LogP contribution in [0.3, 0.4) is 0 Å². The fraction of sp³-hybridized carbons (Fsp3) is 0.364. The molecular weight excluding hydrogens is 304 g/mol. The Labute approximate surface area is 111 Å². The van der Waals surface area contributed by atoms with E-state index < -0.39 is 23.9 Å². The molecule has 1 aliphatic heterocycles. The molecule has 0 aliphatic carbocycles. The maximum atomic E-state index is 11.8. The zero-order valence-electron chi connectivity index (χ0n) is 9.51. The number of hydrogen-bond donors (Lipinski definition) is 2. The average Bonchev–Trinajstić information content (AvgIpc) is 2.30. The minimum Gasteiger partial charge on any atom is -0.481 e. The van der Waals surface area contributed by atoms with Crippen LogP contribution in [0.25, 0.3) is 0 Å². The Morgan fingerprint density at radius 2 is 2.39 bits per heavy atom. The van der Waals surface area contributed by atoms with Gasteiger partial charge in [-0.2, -0.15) is 0 Å². The van der Waals surface area contributed by atoms with E-state index in [0.29, 0.717) is 22.6 Å². The Kier molecular flexibility index (Phi) is 3.51. The van der Waals surface area contributed by atoms with Crippen LogP contribution in [-0.2, 0) is 9.59 Å². The zero-order chi connectivity index (χ0) is 13.3. The molecule has 7 heteroatoms. The predicted molar refractivity (Wildman–Crippen MR) is 66.4 cm³/mol. The van der Waals surface area contributed by atoms with Crippen molar-refractivity contribution in [3.8, 4) is 5.75 Å². The second-order valence-corrected chi connectivity index (χ2v) is 4.67. The molecular formula is C11H11BrN2O4. The zero-order valence-corrected chi connectivity index (χ0v) is 11.1. The quantitative estimate of drug-likeness (QED) is 0.828. The maximum absolute atomic E-state index is 11.8. The van der Waals surface area contributed by atoms with E-state index in [-0.39, 0.29) is 0 Å². The fourth-order valence-corrected chi connectivity index (χ4v) is 2.08. The lowest BCUT2D eigenvalue weighted by molar-refractivity contribution is -0.149. The molecule has 0 aromatic carbocycles. The van der Waals surface area contributed by atoms with Crippen molar-refractivity contribution in [2.75, 3.05) is 5.32 Å². The third kappa shape index (κ3) is 2.31. The summed E-state index contributed by atoms with van der Waals surface area (Å²) in [6.07, 6.45) is -0.713. The number of carbonyl (C=O) groups excluding carboxylic acids is 1. The number of fused-ring (bicyclic) bond motifs is 1. The molecule has 0 saturated carbocycles. The molecule has 2 atom stereocenters. The molecule has 1 amide bonds. The number of aromatic nitrogens is 1. The first-order valence-corrected chi connectivity index (χ1v) is 6.19. The number of carboxylic acids is 1. The molecule has 18 heavy (non-hydrogen) atoms. The molecule has 1 aliphatic rings. The summed E-state index contributed by atoms with van der Waals surface area (Å²) < 4.78 is 6.00. The highest BCUT2D eigenvalue weighted by atomic mass is 79.9. The van der Waals surface area contributed by atoms with Gasteiger partial charge < -0.3 is 15.2 Å². The lowest BCUT2D eigenvalue weighted by atomic mass is 9.98. The third-order valence-corrected chi connectivity index (χ3v) is 3.14. The number of nitrogens with one attached hydrogen (secondary N) is 1. The van der Waals surface area contributed by atoms with Crippen LogP contribution in [0.4, 0.5) is 5.82 Å². The molecule has 0 radical (unpaired) electrons. The number of carboxylic acid groups (broad SMARTS) is 1. The summed E-state index contributed by atoms with van der Waals surface area (Å²) in [7, 11) is 0. The van der Waals surface area contributed by atoms with Gasteiger partial charge in [0.05, 0.1) is 0 Å². The van der Waals surface area contributed by atoms with Crippen molar-refractivity contribution in [2.24, 2.45) is 5.92 Å². The van der Waals surface area contributed by atoms with Gasteiger partial charge in [-0.3, -0.25) is 9.59 Å². The van der Waals surface area contributed by atoms with Crippen LogP contribution < -0.4 is 10.1 Å². The van der Waals surface area contributed by atoms with Gasteiger partial charge in [0, 0.05) is 0 Å². The number of amides is 1. The second kappa shape index (κ2) is 4.93. The van der Waals surface area contributed by atoms with Crippen LogP contribution in [0.1, 0.15) is 13.3 Å². The molecule has 2 unspecified atom stereocenters. The van der Waals surface area contributed by atoms with Crippen molar-refractivity contribution in [1.82, 2.24) is 4.98 Å². The summed E-state index contributed by atoms with van der Waals surface area (Å²) in [6.45, 7) is 1.70. The van der Waals surface area contributed by atoms with Crippen LogP contribution in [0, 0.1) is 5.92 Å². The molecule has 0 spiro atoms. The van der Waals surface area contributed by atoms with Crippen molar-refractivity contribution in [1.29, 1.82) is 0 Å². The van der Waals surface area contributed by atoms with Gasteiger partial charge in [0.25, 0.3) is 5.91 Å². The third-order valence-electron chi connectivity index (χ3n) is 2.70. The first-order valence-electron chi connectivity index (χ1n) is 5.39. The van der Waals surface area contributed by atoms with E-state index in [1.54, 1.807) is 19.1 Å². The van der Waals surface area contributed by atoms with Gasteiger partial charge in [0.2, 0.25) is 0 Å². The van der Waals surface area contributed by atoms with Crippen molar-refractivity contribution >= 4 is 33.6 Å². The summed E-state index contributed by atoms with van der Waals surface area (Å²) in [4.78, 5) is 26.9. The number of nitrogens with zero attached hydrogens (tertiary/aromatic N) is 1. The lowest BCUT2D eigenvalue weighted by Crippen LogP contribution is -2.45. The summed E-state index contributed by atoms with van der Waals surface area (Å²) in [5, 5.41) is 11.6. The van der Waals surface area contributed by atoms with E-state index in [1.807, 2.05) is 0 Å². The molecule has 0 fully saturated rings. The van der Waals surface area contributed by atoms with E-state index in [1.165, 1.54) is 0 Å². The highest BCUT2D eigenvalue weighted by molar-refractivity contribution is 9.10. The predicted octanol–water partition coefficient (Wildman–Crippen LogP) is 1.65. The minimum atomic E-state index is -1.05. The summed E-state index contributed by atoms with van der Waals surface area (Å²) in [5.74, 6) is -1.73. The highest BCUT2D eigenvalue weighted by Crippen LogP contribution is 2.31. The van der Waals surface area contributed by atoms with Crippen molar-refractivity contribution in [3.63, 3.8) is 0 Å². The number of hydrogen-bond acceptors (Lipinski definition) is 4. The van der Waals surface area contributed by atoms with E-state index in [4.69, 9.17) is 9.84 Å². The number of ether oxygens (including phenoxy) is 1. The van der Waals surface area contributed by atoms with E-state index in [0.717, 1.165) is 0 Å². The highest BCUT2D eigenvalue weighted by Gasteiger charge is 2.38. The monoisotopic (exact) mass is 314 g/mol. The molecule has 0 saturated heterocycles. The van der Waals surface area contributed by atoms with Gasteiger partial charge in [0.15, 0.2) is 17.7 Å². The Bertz CT molecular complexity index is 506. The van der Waals surface area contributed by atoms with E-state index in [2.05, 4.69) is 26.2 Å². The lowest BCUT2D eigenvalue weighted by Gasteiger charge is -2.28. The smallest absolute Gasteiger partial charge is 0.310 e. The number of anilines is 1. The van der Waals surface area contributed by atoms with Crippen molar-refractivity contribution in [2.45, 2.75) is 19.4 Å². The van der Waals surface area contributed by atoms with Crippen LogP contribution in [0.2, 0.25) is 0 Å². The van der Waals surface area contributed by atoms with Crippen molar-refractivity contribution < 1.29 is 19.4 Å². The average molecular weight is 315 g/mol. The molecule has 1 aromatic rings. The largest absolute Gasteiger partial charge is 0.481 e. The number of pyridine rings is 1. The minimum absolute atomic E-state index is 0.297. The SMILES string of the molecule is CCC(C(=O)O)C1Oc2ccc(Br)nc2NC1=O. The van der Waals surface area contributed by atoms with Gasteiger partial charge in [0.1, 0.15) is 10.5 Å². The van der Waals surface area contributed by atoms with E-state index in [9.17, 15) is 9.59 Å². The fourth-order valence-electron chi connectivity index (χ4n) is 1.77. The number of rotatable bonds is 3. The second-order valence-electron chi connectivity index (χ2n) is 3.86. The van der Waals surface area contributed by atoms with Crippen LogP contribution in [-0.4, -0.2) is 28.1 Å². The normalized spacial score (nSPS) is 19.4. The molecule has 2 N–H and O–H groups in total. The Morgan fingerprint density at radius 3 is 3.00 bits per heavy atom. The summed E-state index contributed by atoms with van der Waals surface area (Å²) in [6, 6.07) is 3.29. The Hall–Kier alpha value is -1.63. The Balaban J connectivity index is 2.30. The number of carbonyl (C=O) groups is 2.